The normalized spacial score (nSPS) is 20.6. The molecule has 0 radical (unpaired) electrons. The quantitative estimate of drug-likeness (QED) is 0.802. The number of hydrogen-bond acceptors (Lipinski definition) is 6. The molecule has 0 spiro atoms. The Kier molecular flexibility index (Phi) is 4.56. The number of nitrogens with zero attached hydrogens (tertiary/aromatic N) is 4. The van der Waals surface area contributed by atoms with Gasteiger partial charge in [0.2, 0.25) is 5.91 Å². The van der Waals surface area contributed by atoms with Crippen LogP contribution < -0.4 is 10.2 Å². The van der Waals surface area contributed by atoms with E-state index in [1.165, 1.54) is 11.1 Å². The van der Waals surface area contributed by atoms with E-state index in [1.807, 2.05) is 25.1 Å². The molecular formula is C19H16ClN5O3. The Bertz CT molecular complexity index is 1010. The van der Waals surface area contributed by atoms with Gasteiger partial charge in [-0.1, -0.05) is 41.1 Å². The number of halogens is 1. The molecule has 0 bridgehead atoms. The van der Waals surface area contributed by atoms with E-state index in [2.05, 4.69) is 15.7 Å². The number of fused-ring (bicyclic) bond motifs is 1. The number of para-hydroxylation sites is 1. The molecule has 0 aromatic heterocycles. The zero-order chi connectivity index (χ0) is 19.8. The molecule has 1 saturated heterocycles. The number of amides is 3. The first-order valence-corrected chi connectivity index (χ1v) is 9.00. The first kappa shape index (κ1) is 18.1. The second-order valence-corrected chi connectivity index (χ2v) is 6.98. The Balaban J connectivity index is 1.50. The van der Waals surface area contributed by atoms with Gasteiger partial charge in [0.25, 0.3) is 11.8 Å². The lowest BCUT2D eigenvalue weighted by molar-refractivity contribution is -0.123. The number of hydrogen-bond donors (Lipinski definition) is 1. The summed E-state index contributed by atoms with van der Waals surface area (Å²) >= 11 is 5.97. The van der Waals surface area contributed by atoms with Gasteiger partial charge in [-0.2, -0.15) is 5.11 Å². The molecule has 2 atom stereocenters. The summed E-state index contributed by atoms with van der Waals surface area (Å²) in [5, 5.41) is 12.2. The fourth-order valence-electron chi connectivity index (χ4n) is 3.27. The highest BCUT2D eigenvalue weighted by Crippen LogP contribution is 2.32. The SMILES string of the molecule is Cc1ccccc1NC(=O)CN1N=N[C@H]2C(=O)N(c3cccc(Cl)c3)C(=O)[C@@H]21. The van der Waals surface area contributed by atoms with Crippen molar-refractivity contribution in [3.05, 3.63) is 59.1 Å². The molecule has 3 amide bonds. The van der Waals surface area contributed by atoms with Gasteiger partial charge in [0, 0.05) is 10.7 Å². The topological polar surface area (TPSA) is 94.4 Å². The zero-order valence-electron chi connectivity index (χ0n) is 14.9. The summed E-state index contributed by atoms with van der Waals surface area (Å²) in [6.07, 6.45) is 0. The third kappa shape index (κ3) is 3.11. The van der Waals surface area contributed by atoms with Crippen molar-refractivity contribution in [1.29, 1.82) is 0 Å². The average Bonchev–Trinajstić information content (AvgIpc) is 3.17. The molecule has 0 aliphatic carbocycles. The van der Waals surface area contributed by atoms with Gasteiger partial charge < -0.3 is 5.32 Å². The third-order valence-corrected chi connectivity index (χ3v) is 4.88. The Labute approximate surface area is 165 Å². The van der Waals surface area contributed by atoms with Gasteiger partial charge in [-0.3, -0.25) is 19.4 Å². The molecule has 9 heteroatoms. The van der Waals surface area contributed by atoms with E-state index in [1.54, 1.807) is 24.3 Å². The standard InChI is InChI=1S/C19H16ClN5O3/c1-11-5-2-3-8-14(11)21-15(26)10-24-17-16(22-23-24)18(27)25(19(17)28)13-7-4-6-12(20)9-13/h2-9,16-17H,10H2,1H3,(H,21,26)/t16-,17-/m1/s1. The van der Waals surface area contributed by atoms with E-state index in [9.17, 15) is 14.4 Å². The Morgan fingerprint density at radius 3 is 2.68 bits per heavy atom. The Morgan fingerprint density at radius 1 is 1.14 bits per heavy atom. The van der Waals surface area contributed by atoms with E-state index < -0.39 is 23.9 Å². The van der Waals surface area contributed by atoms with Crippen molar-refractivity contribution in [3.63, 3.8) is 0 Å². The van der Waals surface area contributed by atoms with Crippen LogP contribution in [0.4, 0.5) is 11.4 Å². The van der Waals surface area contributed by atoms with Crippen molar-refractivity contribution in [2.45, 2.75) is 19.0 Å². The van der Waals surface area contributed by atoms with Gasteiger partial charge >= 0.3 is 0 Å². The lowest BCUT2D eigenvalue weighted by Gasteiger charge is -2.20. The molecule has 2 aromatic rings. The summed E-state index contributed by atoms with van der Waals surface area (Å²) in [7, 11) is 0. The van der Waals surface area contributed by atoms with Crippen molar-refractivity contribution < 1.29 is 14.4 Å². The second kappa shape index (κ2) is 7.05. The van der Waals surface area contributed by atoms with Crippen molar-refractivity contribution >= 4 is 40.7 Å². The summed E-state index contributed by atoms with van der Waals surface area (Å²) in [5.41, 5.74) is 1.96. The summed E-state index contributed by atoms with van der Waals surface area (Å²) in [4.78, 5) is 39.0. The van der Waals surface area contributed by atoms with E-state index in [0.717, 1.165) is 10.5 Å². The first-order chi connectivity index (χ1) is 13.5. The minimum Gasteiger partial charge on any atom is -0.324 e. The van der Waals surface area contributed by atoms with E-state index >= 15 is 0 Å². The van der Waals surface area contributed by atoms with Crippen LogP contribution in [0, 0.1) is 6.92 Å². The van der Waals surface area contributed by atoms with Crippen LogP contribution in [0.5, 0.6) is 0 Å². The number of imide groups is 1. The molecule has 2 aromatic carbocycles. The number of benzene rings is 2. The molecule has 28 heavy (non-hydrogen) atoms. The minimum atomic E-state index is -0.960. The van der Waals surface area contributed by atoms with Crippen molar-refractivity contribution in [2.75, 3.05) is 16.8 Å². The number of carbonyl (C=O) groups is 3. The summed E-state index contributed by atoms with van der Waals surface area (Å²) < 4.78 is 0. The summed E-state index contributed by atoms with van der Waals surface area (Å²) in [6.45, 7) is 1.69. The van der Waals surface area contributed by atoms with Gasteiger partial charge in [-0.25, -0.2) is 4.90 Å². The highest BCUT2D eigenvalue weighted by Gasteiger charge is 2.55. The monoisotopic (exact) mass is 397 g/mol. The van der Waals surface area contributed by atoms with Crippen LogP contribution in [0.1, 0.15) is 5.56 Å². The molecular weight excluding hydrogens is 382 g/mol. The number of rotatable bonds is 4. The summed E-state index contributed by atoms with van der Waals surface area (Å²) in [6, 6.07) is 11.9. The largest absolute Gasteiger partial charge is 0.324 e. The lowest BCUT2D eigenvalue weighted by atomic mass is 10.1. The summed E-state index contributed by atoms with van der Waals surface area (Å²) in [5.74, 6) is -1.32. The highest BCUT2D eigenvalue weighted by atomic mass is 35.5. The molecule has 2 aliphatic rings. The van der Waals surface area contributed by atoms with Gasteiger partial charge in [-0.15, -0.1) is 0 Å². The van der Waals surface area contributed by atoms with Crippen molar-refractivity contribution in [3.8, 4) is 0 Å². The third-order valence-electron chi connectivity index (χ3n) is 4.65. The van der Waals surface area contributed by atoms with Crippen LogP contribution in [-0.2, 0) is 14.4 Å². The Hall–Kier alpha value is -3.26. The minimum absolute atomic E-state index is 0.193. The maximum Gasteiger partial charge on any atom is 0.263 e. The molecule has 8 nitrogen and oxygen atoms in total. The van der Waals surface area contributed by atoms with Crippen molar-refractivity contribution in [2.24, 2.45) is 10.3 Å². The highest BCUT2D eigenvalue weighted by molar-refractivity contribution is 6.31. The van der Waals surface area contributed by atoms with Gasteiger partial charge in [0.05, 0.1) is 5.69 Å². The fourth-order valence-corrected chi connectivity index (χ4v) is 3.46. The molecule has 0 unspecified atom stereocenters. The van der Waals surface area contributed by atoms with Crippen molar-refractivity contribution in [1.82, 2.24) is 5.01 Å². The zero-order valence-corrected chi connectivity index (χ0v) is 15.6. The van der Waals surface area contributed by atoms with Gasteiger partial charge in [0.15, 0.2) is 12.1 Å². The molecule has 1 N–H and O–H groups in total. The molecule has 0 saturated carbocycles. The average molecular weight is 398 g/mol. The molecule has 4 rings (SSSR count). The van der Waals surface area contributed by atoms with Gasteiger partial charge in [0.1, 0.15) is 6.54 Å². The predicted octanol–water partition coefficient (Wildman–Crippen LogP) is 2.58. The molecule has 1 fully saturated rings. The van der Waals surface area contributed by atoms with Gasteiger partial charge in [-0.05, 0) is 36.8 Å². The molecule has 2 aliphatic heterocycles. The van der Waals surface area contributed by atoms with Crippen LogP contribution in [0.2, 0.25) is 5.02 Å². The number of anilines is 2. The van der Waals surface area contributed by atoms with Crippen LogP contribution in [-0.4, -0.2) is 41.4 Å². The van der Waals surface area contributed by atoms with E-state index in [0.29, 0.717) is 16.4 Å². The fraction of sp³-hybridized carbons (Fsp3) is 0.211. The lowest BCUT2D eigenvalue weighted by Crippen LogP contribution is -2.43. The number of aryl methyl sites for hydroxylation is 1. The van der Waals surface area contributed by atoms with Crippen LogP contribution in [0.3, 0.4) is 0 Å². The smallest absolute Gasteiger partial charge is 0.263 e. The Morgan fingerprint density at radius 2 is 1.93 bits per heavy atom. The molecule has 142 valence electrons. The predicted molar refractivity (Wildman–Crippen MR) is 103 cm³/mol. The molecule has 2 heterocycles. The first-order valence-electron chi connectivity index (χ1n) is 8.62. The van der Waals surface area contributed by atoms with Crippen LogP contribution in [0.15, 0.2) is 58.9 Å². The van der Waals surface area contributed by atoms with E-state index in [-0.39, 0.29) is 12.5 Å². The van der Waals surface area contributed by atoms with E-state index in [4.69, 9.17) is 11.6 Å². The number of carbonyl (C=O) groups excluding carboxylic acids is 3. The second-order valence-electron chi connectivity index (χ2n) is 6.55. The maximum atomic E-state index is 12.9. The van der Waals surface area contributed by atoms with Crippen LogP contribution in [0.25, 0.3) is 0 Å². The maximum absolute atomic E-state index is 12.9. The van der Waals surface area contributed by atoms with Crippen LogP contribution >= 0.6 is 11.6 Å². The number of nitrogens with one attached hydrogen (secondary N) is 1.